The number of aromatic nitrogens is 1. The summed E-state index contributed by atoms with van der Waals surface area (Å²) in [6.45, 7) is 2.82. The van der Waals surface area contributed by atoms with E-state index in [9.17, 15) is 8.42 Å². The predicted octanol–water partition coefficient (Wildman–Crippen LogP) is 2.07. The summed E-state index contributed by atoms with van der Waals surface area (Å²) in [5, 5.41) is -0.393. The Balaban J connectivity index is 2.16. The Bertz CT molecular complexity index is 527. The number of hydrogen-bond acceptors (Lipinski definition) is 4. The molecular formula is C11H15BrN2O3S. The summed E-state index contributed by atoms with van der Waals surface area (Å²) in [5.74, 6) is 0.393. The van der Waals surface area contributed by atoms with Crippen molar-refractivity contribution in [1.29, 1.82) is 0 Å². The molecule has 5 nitrogen and oxygen atoms in total. The van der Waals surface area contributed by atoms with Crippen LogP contribution in [0.4, 0.5) is 5.82 Å². The Labute approximate surface area is 115 Å². The third kappa shape index (κ3) is 3.21. The lowest BCUT2D eigenvalue weighted by molar-refractivity contribution is 0.0984. The Morgan fingerprint density at radius 3 is 2.72 bits per heavy atom. The molecule has 1 aromatic heterocycles. The van der Waals surface area contributed by atoms with Crippen molar-refractivity contribution >= 4 is 31.8 Å². The highest BCUT2D eigenvalue weighted by Gasteiger charge is 2.28. The quantitative estimate of drug-likeness (QED) is 0.918. The van der Waals surface area contributed by atoms with E-state index in [0.717, 1.165) is 10.0 Å². The zero-order chi connectivity index (χ0) is 13.2. The number of nitrogens with one attached hydrogen (secondary N) is 1. The fraction of sp³-hybridized carbons (Fsp3) is 0.545. The topological polar surface area (TPSA) is 68.3 Å². The van der Waals surface area contributed by atoms with Gasteiger partial charge in [-0.25, -0.2) is 13.4 Å². The molecule has 0 spiro atoms. The largest absolute Gasteiger partial charge is 0.381 e. The van der Waals surface area contributed by atoms with Gasteiger partial charge < -0.3 is 4.74 Å². The lowest BCUT2D eigenvalue weighted by atomic mass is 10.2. The van der Waals surface area contributed by atoms with Crippen molar-refractivity contribution in [2.75, 3.05) is 17.9 Å². The molecule has 1 fully saturated rings. The maximum absolute atomic E-state index is 12.2. The number of rotatable bonds is 3. The van der Waals surface area contributed by atoms with E-state index in [0.29, 0.717) is 31.9 Å². The maximum atomic E-state index is 12.2. The van der Waals surface area contributed by atoms with Crippen molar-refractivity contribution in [3.05, 3.63) is 22.3 Å². The average Bonchev–Trinajstić information content (AvgIpc) is 2.34. The SMILES string of the molecule is Cc1cc(Br)cnc1NS(=O)(=O)C1CCOCC1. The first kappa shape index (κ1) is 13.8. The van der Waals surface area contributed by atoms with Crippen molar-refractivity contribution in [2.24, 2.45) is 0 Å². The van der Waals surface area contributed by atoms with Gasteiger partial charge in [0.2, 0.25) is 10.0 Å². The second-order valence-corrected chi connectivity index (χ2v) is 7.15. The van der Waals surface area contributed by atoms with E-state index in [1.165, 1.54) is 0 Å². The number of halogens is 1. The van der Waals surface area contributed by atoms with E-state index in [-0.39, 0.29) is 0 Å². The molecule has 100 valence electrons. The molecule has 0 aromatic carbocycles. The number of hydrogen-bond donors (Lipinski definition) is 1. The Hall–Kier alpha value is -0.660. The van der Waals surface area contributed by atoms with Gasteiger partial charge in [0.15, 0.2) is 0 Å². The molecule has 0 atom stereocenters. The summed E-state index contributed by atoms with van der Waals surface area (Å²) < 4.78 is 32.9. The Kier molecular flexibility index (Phi) is 4.24. The number of sulfonamides is 1. The van der Waals surface area contributed by atoms with E-state index < -0.39 is 15.3 Å². The van der Waals surface area contributed by atoms with Crippen LogP contribution in [-0.4, -0.2) is 31.9 Å². The first-order valence-corrected chi connectivity index (χ1v) is 8.04. The van der Waals surface area contributed by atoms with E-state index in [4.69, 9.17) is 4.74 Å². The van der Waals surface area contributed by atoms with Crippen molar-refractivity contribution in [3.63, 3.8) is 0 Å². The molecule has 1 aliphatic rings. The molecule has 0 unspecified atom stereocenters. The van der Waals surface area contributed by atoms with Crippen LogP contribution in [0, 0.1) is 6.92 Å². The van der Waals surface area contributed by atoms with Crippen LogP contribution in [0.2, 0.25) is 0 Å². The summed E-state index contributed by atoms with van der Waals surface area (Å²) in [5.41, 5.74) is 0.792. The van der Waals surface area contributed by atoms with Crippen LogP contribution < -0.4 is 4.72 Å². The molecule has 0 bridgehead atoms. The minimum absolute atomic E-state index is 0.393. The molecule has 2 rings (SSSR count). The zero-order valence-corrected chi connectivity index (χ0v) is 12.4. The van der Waals surface area contributed by atoms with Gasteiger partial charge in [0.1, 0.15) is 5.82 Å². The minimum Gasteiger partial charge on any atom is -0.381 e. The first-order chi connectivity index (χ1) is 8.49. The van der Waals surface area contributed by atoms with Gasteiger partial charge in [-0.1, -0.05) is 0 Å². The number of ether oxygens (including phenoxy) is 1. The predicted molar refractivity (Wildman–Crippen MR) is 73.1 cm³/mol. The molecule has 0 saturated carbocycles. The number of anilines is 1. The number of pyridine rings is 1. The highest BCUT2D eigenvalue weighted by atomic mass is 79.9. The van der Waals surface area contributed by atoms with Crippen molar-refractivity contribution in [3.8, 4) is 0 Å². The minimum atomic E-state index is -3.38. The summed E-state index contributed by atoms with van der Waals surface area (Å²) in [7, 11) is -3.38. The summed E-state index contributed by atoms with van der Waals surface area (Å²) in [4.78, 5) is 4.09. The molecule has 1 aliphatic heterocycles. The summed E-state index contributed by atoms with van der Waals surface area (Å²) >= 11 is 3.30. The molecule has 1 N–H and O–H groups in total. The third-order valence-corrected chi connectivity index (χ3v) is 5.15. The smallest absolute Gasteiger partial charge is 0.236 e. The van der Waals surface area contributed by atoms with E-state index >= 15 is 0 Å². The Morgan fingerprint density at radius 2 is 2.11 bits per heavy atom. The van der Waals surface area contributed by atoms with Gasteiger partial charge in [-0.15, -0.1) is 0 Å². The fourth-order valence-electron chi connectivity index (χ4n) is 1.85. The monoisotopic (exact) mass is 334 g/mol. The molecule has 0 amide bonds. The second-order valence-electron chi connectivity index (χ2n) is 4.28. The van der Waals surface area contributed by atoms with Crippen LogP contribution in [-0.2, 0) is 14.8 Å². The highest BCUT2D eigenvalue weighted by Crippen LogP contribution is 2.21. The molecular weight excluding hydrogens is 320 g/mol. The molecule has 1 aromatic rings. The first-order valence-electron chi connectivity index (χ1n) is 5.70. The second kappa shape index (κ2) is 5.54. The van der Waals surface area contributed by atoms with Crippen LogP contribution in [0.25, 0.3) is 0 Å². The molecule has 0 radical (unpaired) electrons. The lowest BCUT2D eigenvalue weighted by Gasteiger charge is -2.22. The van der Waals surface area contributed by atoms with Gasteiger partial charge in [0.05, 0.1) is 5.25 Å². The fourth-order valence-corrected chi connectivity index (χ4v) is 3.76. The van der Waals surface area contributed by atoms with Crippen molar-refractivity contribution in [1.82, 2.24) is 4.98 Å². The Morgan fingerprint density at radius 1 is 1.44 bits per heavy atom. The van der Waals surface area contributed by atoms with Gasteiger partial charge in [-0.3, -0.25) is 4.72 Å². The zero-order valence-electron chi connectivity index (χ0n) is 10.0. The van der Waals surface area contributed by atoms with Gasteiger partial charge in [-0.2, -0.15) is 0 Å². The molecule has 0 aliphatic carbocycles. The third-order valence-electron chi connectivity index (χ3n) is 2.89. The number of nitrogens with zero attached hydrogens (tertiary/aromatic N) is 1. The van der Waals surface area contributed by atoms with Crippen LogP contribution in [0.5, 0.6) is 0 Å². The van der Waals surface area contributed by atoms with E-state index in [1.54, 1.807) is 6.20 Å². The van der Waals surface area contributed by atoms with E-state index in [1.807, 2.05) is 13.0 Å². The van der Waals surface area contributed by atoms with Gasteiger partial charge >= 0.3 is 0 Å². The van der Waals surface area contributed by atoms with Crippen LogP contribution in [0.3, 0.4) is 0 Å². The lowest BCUT2D eigenvalue weighted by Crippen LogP contribution is -2.33. The highest BCUT2D eigenvalue weighted by molar-refractivity contribution is 9.10. The van der Waals surface area contributed by atoms with Gasteiger partial charge in [-0.05, 0) is 47.3 Å². The maximum Gasteiger partial charge on any atom is 0.236 e. The molecule has 7 heteroatoms. The van der Waals surface area contributed by atoms with Gasteiger partial charge in [0.25, 0.3) is 0 Å². The summed E-state index contributed by atoms with van der Waals surface area (Å²) in [6.07, 6.45) is 2.64. The van der Waals surface area contributed by atoms with Crippen molar-refractivity contribution in [2.45, 2.75) is 25.0 Å². The standard InChI is InChI=1S/C11H15BrN2O3S/c1-8-6-9(12)7-13-11(8)14-18(15,16)10-2-4-17-5-3-10/h6-7,10H,2-5H2,1H3,(H,13,14). The van der Waals surface area contributed by atoms with Crippen molar-refractivity contribution < 1.29 is 13.2 Å². The normalized spacial score (nSPS) is 17.7. The molecule has 2 heterocycles. The average molecular weight is 335 g/mol. The molecule has 18 heavy (non-hydrogen) atoms. The van der Waals surface area contributed by atoms with Crippen LogP contribution in [0.1, 0.15) is 18.4 Å². The number of aryl methyl sites for hydroxylation is 1. The summed E-state index contributed by atoms with van der Waals surface area (Å²) in [6, 6.07) is 1.83. The van der Waals surface area contributed by atoms with Crippen LogP contribution in [0.15, 0.2) is 16.7 Å². The van der Waals surface area contributed by atoms with Crippen LogP contribution >= 0.6 is 15.9 Å². The van der Waals surface area contributed by atoms with Gasteiger partial charge in [0, 0.05) is 23.9 Å². The molecule has 1 saturated heterocycles. The van der Waals surface area contributed by atoms with E-state index in [2.05, 4.69) is 25.6 Å².